The number of Topliss-reactive ketones (excluding diaryl/α,β-unsaturated/α-hetero) is 1. The lowest BCUT2D eigenvalue weighted by Crippen LogP contribution is -2.10. The molecule has 0 saturated carbocycles. The Morgan fingerprint density at radius 2 is 1.81 bits per heavy atom. The zero-order chi connectivity index (χ0) is 11.5. The molecule has 2 heteroatoms. The Bertz CT molecular complexity index is 517. The van der Waals surface area contributed by atoms with Gasteiger partial charge in [0.05, 0.1) is 0 Å². The smallest absolute Gasteiger partial charge is 0.163 e. The SMILES string of the molecule is CO[C@@H](C(C)=O)c1ccc2ccccc2c1. The fraction of sp³-hybridized carbons (Fsp3) is 0.214. The highest BCUT2D eigenvalue weighted by molar-refractivity contribution is 5.86. The number of carbonyl (C=O) groups excluding carboxylic acids is 1. The van der Waals surface area contributed by atoms with E-state index >= 15 is 0 Å². The Kier molecular flexibility index (Phi) is 3.02. The molecule has 82 valence electrons. The van der Waals surface area contributed by atoms with E-state index in [1.54, 1.807) is 14.0 Å². The zero-order valence-electron chi connectivity index (χ0n) is 9.44. The van der Waals surface area contributed by atoms with Gasteiger partial charge in [0.1, 0.15) is 6.10 Å². The van der Waals surface area contributed by atoms with Crippen molar-refractivity contribution in [1.82, 2.24) is 0 Å². The summed E-state index contributed by atoms with van der Waals surface area (Å²) in [5.74, 6) is 0.0257. The van der Waals surface area contributed by atoms with Crippen molar-refractivity contribution in [3.63, 3.8) is 0 Å². The summed E-state index contributed by atoms with van der Waals surface area (Å²) in [5.41, 5.74) is 0.911. The molecule has 0 fully saturated rings. The molecule has 0 heterocycles. The van der Waals surface area contributed by atoms with Crippen LogP contribution in [0.15, 0.2) is 42.5 Å². The van der Waals surface area contributed by atoms with Crippen molar-refractivity contribution in [1.29, 1.82) is 0 Å². The molecule has 0 aliphatic rings. The van der Waals surface area contributed by atoms with Crippen molar-refractivity contribution in [2.45, 2.75) is 13.0 Å². The second-order valence-corrected chi connectivity index (χ2v) is 3.83. The van der Waals surface area contributed by atoms with E-state index in [1.807, 2.05) is 36.4 Å². The normalized spacial score (nSPS) is 12.6. The molecule has 0 amide bonds. The van der Waals surface area contributed by atoms with Crippen molar-refractivity contribution in [2.75, 3.05) is 7.11 Å². The number of fused-ring (bicyclic) bond motifs is 1. The standard InChI is InChI=1S/C14H14O2/c1-10(15)14(16-2)13-8-7-11-5-3-4-6-12(11)9-13/h3-9,14H,1-2H3/t14-/m0/s1. The summed E-state index contributed by atoms with van der Waals surface area (Å²) in [6.45, 7) is 1.54. The molecule has 0 aromatic heterocycles. The molecule has 2 aromatic rings. The number of hydrogen-bond donors (Lipinski definition) is 0. The summed E-state index contributed by atoms with van der Waals surface area (Å²) in [4.78, 5) is 11.4. The van der Waals surface area contributed by atoms with E-state index in [2.05, 4.69) is 6.07 Å². The zero-order valence-corrected chi connectivity index (χ0v) is 9.44. The van der Waals surface area contributed by atoms with Gasteiger partial charge in [0, 0.05) is 7.11 Å². The van der Waals surface area contributed by atoms with Gasteiger partial charge in [-0.1, -0.05) is 36.4 Å². The predicted octanol–water partition coefficient (Wildman–Crippen LogP) is 3.12. The Hall–Kier alpha value is -1.67. The van der Waals surface area contributed by atoms with Crippen LogP contribution in [0.4, 0.5) is 0 Å². The van der Waals surface area contributed by atoms with Crippen molar-refractivity contribution < 1.29 is 9.53 Å². The first-order valence-electron chi connectivity index (χ1n) is 5.24. The summed E-state index contributed by atoms with van der Waals surface area (Å²) in [6.07, 6.45) is -0.454. The lowest BCUT2D eigenvalue weighted by Gasteiger charge is -2.12. The number of ketones is 1. The van der Waals surface area contributed by atoms with Crippen LogP contribution in [0, 0.1) is 0 Å². The topological polar surface area (TPSA) is 26.3 Å². The van der Waals surface area contributed by atoms with E-state index in [0.717, 1.165) is 10.9 Å². The molecule has 0 aliphatic carbocycles. The van der Waals surface area contributed by atoms with E-state index in [0.29, 0.717) is 0 Å². The first-order valence-corrected chi connectivity index (χ1v) is 5.24. The van der Waals surface area contributed by atoms with Gasteiger partial charge in [0.2, 0.25) is 0 Å². The van der Waals surface area contributed by atoms with E-state index in [1.165, 1.54) is 5.39 Å². The molecule has 0 unspecified atom stereocenters. The molecule has 1 atom stereocenters. The number of rotatable bonds is 3. The molecule has 0 bridgehead atoms. The third kappa shape index (κ3) is 1.97. The minimum Gasteiger partial charge on any atom is -0.369 e. The molecule has 16 heavy (non-hydrogen) atoms. The van der Waals surface area contributed by atoms with Crippen LogP contribution < -0.4 is 0 Å². The lowest BCUT2D eigenvalue weighted by atomic mass is 10.0. The average Bonchev–Trinajstić information content (AvgIpc) is 2.29. The second kappa shape index (κ2) is 4.45. The van der Waals surface area contributed by atoms with Crippen LogP contribution in [-0.2, 0) is 9.53 Å². The van der Waals surface area contributed by atoms with Gasteiger partial charge in [0.15, 0.2) is 5.78 Å². The van der Waals surface area contributed by atoms with Crippen LogP contribution in [-0.4, -0.2) is 12.9 Å². The van der Waals surface area contributed by atoms with Gasteiger partial charge >= 0.3 is 0 Å². The van der Waals surface area contributed by atoms with Gasteiger partial charge in [-0.15, -0.1) is 0 Å². The Labute approximate surface area is 94.8 Å². The maximum Gasteiger partial charge on any atom is 0.163 e. The number of methoxy groups -OCH3 is 1. The monoisotopic (exact) mass is 214 g/mol. The lowest BCUT2D eigenvalue weighted by molar-refractivity contribution is -0.126. The Morgan fingerprint density at radius 3 is 2.44 bits per heavy atom. The fourth-order valence-corrected chi connectivity index (χ4v) is 1.91. The number of ether oxygens (including phenoxy) is 1. The molecule has 0 saturated heterocycles. The molecular formula is C14H14O2. The highest BCUT2D eigenvalue weighted by Gasteiger charge is 2.15. The molecule has 2 rings (SSSR count). The van der Waals surface area contributed by atoms with Crippen molar-refractivity contribution in [2.24, 2.45) is 0 Å². The van der Waals surface area contributed by atoms with Crippen LogP contribution in [0.25, 0.3) is 10.8 Å². The predicted molar refractivity (Wildman–Crippen MR) is 64.4 cm³/mol. The average molecular weight is 214 g/mol. The summed E-state index contributed by atoms with van der Waals surface area (Å²) in [5, 5.41) is 2.30. The molecule has 2 aromatic carbocycles. The van der Waals surface area contributed by atoms with Gasteiger partial charge in [-0.25, -0.2) is 0 Å². The van der Waals surface area contributed by atoms with Crippen molar-refractivity contribution in [3.8, 4) is 0 Å². The van der Waals surface area contributed by atoms with Crippen LogP contribution in [0.5, 0.6) is 0 Å². The molecule has 0 radical (unpaired) electrons. The van der Waals surface area contributed by atoms with Crippen molar-refractivity contribution >= 4 is 16.6 Å². The van der Waals surface area contributed by atoms with Crippen molar-refractivity contribution in [3.05, 3.63) is 48.0 Å². The maximum atomic E-state index is 11.4. The third-order valence-corrected chi connectivity index (χ3v) is 2.68. The van der Waals surface area contributed by atoms with Gasteiger partial charge < -0.3 is 4.74 Å². The van der Waals surface area contributed by atoms with Crippen LogP contribution in [0.2, 0.25) is 0 Å². The second-order valence-electron chi connectivity index (χ2n) is 3.83. The van der Waals surface area contributed by atoms with E-state index in [4.69, 9.17) is 4.74 Å². The minimum atomic E-state index is -0.454. The maximum absolute atomic E-state index is 11.4. The van der Waals surface area contributed by atoms with Gasteiger partial charge in [-0.3, -0.25) is 4.79 Å². The van der Waals surface area contributed by atoms with Gasteiger partial charge in [-0.2, -0.15) is 0 Å². The third-order valence-electron chi connectivity index (χ3n) is 2.68. The summed E-state index contributed by atoms with van der Waals surface area (Å²) in [6, 6.07) is 14.0. The van der Waals surface area contributed by atoms with Gasteiger partial charge in [-0.05, 0) is 29.3 Å². The molecule has 0 N–H and O–H groups in total. The molecule has 0 aliphatic heterocycles. The summed E-state index contributed by atoms with van der Waals surface area (Å²) < 4.78 is 5.20. The summed E-state index contributed by atoms with van der Waals surface area (Å²) >= 11 is 0. The fourth-order valence-electron chi connectivity index (χ4n) is 1.91. The number of carbonyl (C=O) groups is 1. The molecule has 0 spiro atoms. The first-order chi connectivity index (χ1) is 7.72. The number of benzene rings is 2. The van der Waals surface area contributed by atoms with Crippen LogP contribution in [0.3, 0.4) is 0 Å². The number of hydrogen-bond acceptors (Lipinski definition) is 2. The van der Waals surface area contributed by atoms with Gasteiger partial charge in [0.25, 0.3) is 0 Å². The highest BCUT2D eigenvalue weighted by Crippen LogP contribution is 2.22. The summed E-state index contributed by atoms with van der Waals surface area (Å²) in [7, 11) is 1.56. The molecular weight excluding hydrogens is 200 g/mol. The van der Waals surface area contributed by atoms with Crippen LogP contribution in [0.1, 0.15) is 18.6 Å². The van der Waals surface area contributed by atoms with Crippen LogP contribution >= 0.6 is 0 Å². The van der Waals surface area contributed by atoms with E-state index in [-0.39, 0.29) is 5.78 Å². The molecule has 2 nitrogen and oxygen atoms in total. The Morgan fingerprint density at radius 1 is 1.12 bits per heavy atom. The van der Waals surface area contributed by atoms with E-state index in [9.17, 15) is 4.79 Å². The first kappa shape index (κ1) is 10.8. The largest absolute Gasteiger partial charge is 0.369 e. The minimum absolute atomic E-state index is 0.0257. The highest BCUT2D eigenvalue weighted by atomic mass is 16.5. The van der Waals surface area contributed by atoms with E-state index < -0.39 is 6.10 Å². The quantitative estimate of drug-likeness (QED) is 0.784. The Balaban J connectivity index is 2.49.